The lowest BCUT2D eigenvalue weighted by atomic mass is 10.0. The molecule has 0 spiro atoms. The molecule has 26 heteroatoms. The number of rotatable bonds is 23. The van der Waals surface area contributed by atoms with Crippen molar-refractivity contribution in [1.82, 2.24) is 26.6 Å². The number of aliphatic carboxylic acids is 1. The first-order valence-corrected chi connectivity index (χ1v) is 20.8. The minimum absolute atomic E-state index is 0.0361. The van der Waals surface area contributed by atoms with Gasteiger partial charge in [-0.15, -0.1) is 0 Å². The van der Waals surface area contributed by atoms with E-state index < -0.39 is 84.6 Å². The number of amides is 6. The quantitative estimate of drug-likeness (QED) is 0.0264. The molecule has 1 aromatic heterocycles. The van der Waals surface area contributed by atoms with E-state index in [-0.39, 0.29) is 75.2 Å². The van der Waals surface area contributed by atoms with Gasteiger partial charge in [-0.1, -0.05) is 44.2 Å². The van der Waals surface area contributed by atoms with Crippen molar-refractivity contribution in [3.8, 4) is 0 Å². The lowest BCUT2D eigenvalue weighted by Gasteiger charge is -2.26. The van der Waals surface area contributed by atoms with E-state index in [1.165, 1.54) is 12.1 Å². The average Bonchev–Trinajstić information content (AvgIpc) is 3.25. The normalized spacial score (nSPS) is 12.1. The maximum absolute atomic E-state index is 13.8. The van der Waals surface area contributed by atoms with Gasteiger partial charge in [-0.2, -0.15) is 13.2 Å². The van der Waals surface area contributed by atoms with Gasteiger partial charge in [-0.3, -0.25) is 34.0 Å². The van der Waals surface area contributed by atoms with E-state index in [1.807, 2.05) is 19.9 Å². The number of halogens is 3. The molecule has 0 aliphatic rings. The number of carbonyl (C=O) groups excluding carboxylic acids is 6. The van der Waals surface area contributed by atoms with Crippen molar-refractivity contribution in [1.29, 1.82) is 0 Å². The predicted molar refractivity (Wildman–Crippen MR) is 242 cm³/mol. The molecular weight excluding hydrogens is 906 g/mol. The summed E-state index contributed by atoms with van der Waals surface area (Å²) >= 11 is 0. The molecule has 2 aromatic carbocycles. The van der Waals surface area contributed by atoms with Crippen molar-refractivity contribution in [3.63, 3.8) is 0 Å². The first-order chi connectivity index (χ1) is 31.9. The number of carbonyl (C=O) groups is 7. The third kappa shape index (κ3) is 22.3. The highest BCUT2D eigenvalue weighted by Gasteiger charge is 2.38. The van der Waals surface area contributed by atoms with E-state index in [1.54, 1.807) is 43.3 Å². The standard InChI is InChI=1S/C40H56N12O9.C2HF3O2/c1-23(2)17-30(51-36(57)29(12-8-16-46-39(43)44)52-40(59)60-22-25-9-5-4-6-10-25)37(58)50-28(11-7-15-45-38(41)42)35(56)48-20-32(53)47-21-33(54)49-26-13-14-27-24(3)18-34(55)61-31(27)19-26;3-2(4,5)1(6)7/h4-6,9-10,13-14,18-19,23,28-30H,7-8,11-12,15-17,20-22H2,1-3H3,(H,47,53)(H,48,56)(H,49,54)(H,50,58)(H,51,57)(H,52,59)(H4,41,42,45)(H4,43,44,46);(H,6,7)/t28-,29-,30-;/m0./s1. The van der Waals surface area contributed by atoms with Crippen molar-refractivity contribution in [2.45, 2.75) is 83.8 Å². The number of carboxylic acids is 1. The smallest absolute Gasteiger partial charge is 0.475 e. The molecule has 68 heavy (non-hydrogen) atoms. The van der Waals surface area contributed by atoms with Gasteiger partial charge in [0.2, 0.25) is 29.5 Å². The highest BCUT2D eigenvalue weighted by molar-refractivity contribution is 5.98. The lowest BCUT2D eigenvalue weighted by Crippen LogP contribution is -2.57. The molecule has 1 heterocycles. The Hall–Kier alpha value is -7.93. The first-order valence-electron chi connectivity index (χ1n) is 20.8. The molecule has 0 unspecified atom stereocenters. The second kappa shape index (κ2) is 28.2. The summed E-state index contributed by atoms with van der Waals surface area (Å²) in [7, 11) is 0. The number of carboxylic acid groups (broad SMARTS) is 1. The molecule has 6 amide bonds. The van der Waals surface area contributed by atoms with Crippen LogP contribution in [0.1, 0.15) is 57.1 Å². The monoisotopic (exact) mass is 962 g/mol. The maximum atomic E-state index is 13.8. The molecule has 0 fully saturated rings. The number of nitrogens with one attached hydrogen (secondary N) is 6. The van der Waals surface area contributed by atoms with E-state index in [2.05, 4.69) is 41.9 Å². The van der Waals surface area contributed by atoms with Gasteiger partial charge >= 0.3 is 23.9 Å². The lowest BCUT2D eigenvalue weighted by molar-refractivity contribution is -0.192. The Morgan fingerprint density at radius 3 is 1.85 bits per heavy atom. The van der Waals surface area contributed by atoms with Crippen LogP contribution in [0.2, 0.25) is 0 Å². The number of fused-ring (bicyclic) bond motifs is 1. The number of aryl methyl sites for hydroxylation is 1. The fourth-order valence-corrected chi connectivity index (χ4v) is 5.84. The molecule has 3 aromatic rings. The number of hydrogen-bond acceptors (Lipinski definition) is 12. The van der Waals surface area contributed by atoms with Crippen LogP contribution in [0.5, 0.6) is 0 Å². The van der Waals surface area contributed by atoms with Crippen molar-refractivity contribution in [2.24, 2.45) is 38.8 Å². The first kappa shape index (κ1) is 56.2. The molecule has 0 saturated heterocycles. The number of nitrogens with zero attached hydrogens (tertiary/aromatic N) is 2. The molecule has 3 atom stereocenters. The summed E-state index contributed by atoms with van der Waals surface area (Å²) in [6, 6.07) is 11.5. The van der Waals surface area contributed by atoms with Gasteiger partial charge in [0.1, 0.15) is 30.3 Å². The molecule has 3 rings (SSSR count). The zero-order valence-electron chi connectivity index (χ0n) is 37.4. The molecule has 0 aliphatic heterocycles. The van der Waals surface area contributed by atoms with E-state index in [4.69, 9.17) is 42.0 Å². The van der Waals surface area contributed by atoms with Crippen molar-refractivity contribution in [3.05, 3.63) is 76.1 Å². The van der Waals surface area contributed by atoms with Crippen LogP contribution in [-0.2, 0) is 40.1 Å². The van der Waals surface area contributed by atoms with E-state index in [0.29, 0.717) is 16.6 Å². The summed E-state index contributed by atoms with van der Waals surface area (Å²) in [6.45, 7) is 4.66. The number of hydrogen-bond donors (Lipinski definition) is 11. The molecule has 0 saturated carbocycles. The van der Waals surface area contributed by atoms with Gasteiger partial charge in [0, 0.05) is 36.3 Å². The molecule has 0 aliphatic carbocycles. The zero-order chi connectivity index (χ0) is 51.0. The van der Waals surface area contributed by atoms with Gasteiger partial charge in [-0.05, 0) is 68.2 Å². The molecule has 0 bridgehead atoms. The largest absolute Gasteiger partial charge is 0.490 e. The molecule has 0 radical (unpaired) electrons. The predicted octanol–water partition coefficient (Wildman–Crippen LogP) is 0.324. The van der Waals surface area contributed by atoms with Gasteiger partial charge in [-0.25, -0.2) is 14.4 Å². The van der Waals surface area contributed by atoms with Crippen molar-refractivity contribution in [2.75, 3.05) is 31.5 Å². The highest BCUT2D eigenvalue weighted by Crippen LogP contribution is 2.21. The third-order valence-electron chi connectivity index (χ3n) is 9.03. The Morgan fingerprint density at radius 2 is 1.29 bits per heavy atom. The number of nitrogens with two attached hydrogens (primary N) is 4. The summed E-state index contributed by atoms with van der Waals surface area (Å²) in [5.74, 6) is -6.62. The summed E-state index contributed by atoms with van der Waals surface area (Å²) in [5, 5.41) is 23.2. The van der Waals surface area contributed by atoms with Crippen molar-refractivity contribution < 1.29 is 61.0 Å². The number of alkyl carbamates (subject to hydrolysis) is 1. The number of ether oxygens (including phenoxy) is 1. The van der Waals surface area contributed by atoms with Gasteiger partial charge in [0.05, 0.1) is 13.1 Å². The fraction of sp³-hybridized carbons (Fsp3) is 0.429. The van der Waals surface area contributed by atoms with Crippen LogP contribution in [0.25, 0.3) is 11.0 Å². The number of anilines is 1. The number of aliphatic imine (C=N–C) groups is 2. The minimum Gasteiger partial charge on any atom is -0.475 e. The van der Waals surface area contributed by atoms with Crippen LogP contribution >= 0.6 is 0 Å². The van der Waals surface area contributed by atoms with Crippen LogP contribution < -0.4 is 60.5 Å². The Balaban J connectivity index is 0.00000209. The highest BCUT2D eigenvalue weighted by atomic mass is 19.4. The Kier molecular flexibility index (Phi) is 23.3. The van der Waals surface area contributed by atoms with E-state index in [0.717, 1.165) is 5.56 Å². The van der Waals surface area contributed by atoms with Crippen LogP contribution in [0, 0.1) is 12.8 Å². The second-order valence-corrected chi connectivity index (χ2v) is 15.2. The van der Waals surface area contributed by atoms with Gasteiger partial charge < -0.3 is 69.1 Å². The molecule has 15 N–H and O–H groups in total. The number of guanidine groups is 2. The molecule has 372 valence electrons. The van der Waals surface area contributed by atoms with Gasteiger partial charge in [0.15, 0.2) is 11.9 Å². The second-order valence-electron chi connectivity index (χ2n) is 15.2. The van der Waals surface area contributed by atoms with E-state index in [9.17, 15) is 46.7 Å². The summed E-state index contributed by atoms with van der Waals surface area (Å²) < 4.78 is 42.3. The summed E-state index contributed by atoms with van der Waals surface area (Å²) in [5.41, 5.74) is 23.2. The maximum Gasteiger partial charge on any atom is 0.490 e. The number of benzene rings is 2. The van der Waals surface area contributed by atoms with Crippen LogP contribution in [0.4, 0.5) is 23.7 Å². The Morgan fingerprint density at radius 1 is 0.750 bits per heavy atom. The Bertz CT molecular complexity index is 2320. The van der Waals surface area contributed by atoms with Crippen LogP contribution in [0.15, 0.2) is 73.8 Å². The third-order valence-corrected chi connectivity index (χ3v) is 9.03. The topological polar surface area (TPSA) is 380 Å². The molecular formula is C42H57F3N12O11. The van der Waals surface area contributed by atoms with E-state index >= 15 is 0 Å². The summed E-state index contributed by atoms with van der Waals surface area (Å²) in [6.07, 6.45) is -5.15. The van der Waals surface area contributed by atoms with Gasteiger partial charge in [0.25, 0.3) is 0 Å². The SMILES string of the molecule is Cc1cc(=O)oc2cc(NC(=O)CNC(=O)CNC(=O)[C@H](CCCN=C(N)N)NC(=O)[C@H](CC(C)C)NC(=O)[C@H](CCCN=C(N)N)NC(=O)OCc3ccccc3)ccc12.O=C(O)C(F)(F)F. The zero-order valence-corrected chi connectivity index (χ0v) is 37.4. The fourth-order valence-electron chi connectivity index (χ4n) is 5.84. The molecule has 23 nitrogen and oxygen atoms in total. The minimum atomic E-state index is -5.08. The van der Waals surface area contributed by atoms with Crippen LogP contribution in [0.3, 0.4) is 0 Å². The summed E-state index contributed by atoms with van der Waals surface area (Å²) in [4.78, 5) is 107. The number of alkyl halides is 3. The van der Waals surface area contributed by atoms with Crippen LogP contribution in [-0.4, -0.2) is 109 Å². The Labute approximate surface area is 387 Å². The average molecular weight is 963 g/mol. The van der Waals surface area contributed by atoms with Crippen molar-refractivity contribution >= 4 is 70.2 Å².